The molecule has 0 amide bonds. The summed E-state index contributed by atoms with van der Waals surface area (Å²) in [5.74, 6) is 1.58. The molecule has 1 aliphatic carbocycles. The molecule has 0 aromatic rings. The van der Waals surface area contributed by atoms with Crippen molar-refractivity contribution in [1.82, 2.24) is 5.32 Å². The predicted octanol–water partition coefficient (Wildman–Crippen LogP) is 2.38. The number of methoxy groups -OCH3 is 1. The molecule has 4 nitrogen and oxygen atoms in total. The molecule has 1 aliphatic rings. The summed E-state index contributed by atoms with van der Waals surface area (Å²) >= 11 is 1.85. The molecule has 1 saturated carbocycles. The summed E-state index contributed by atoms with van der Waals surface area (Å²) in [5, 5.41) is 13.0. The Morgan fingerprint density at radius 3 is 2.84 bits per heavy atom. The summed E-state index contributed by atoms with van der Waals surface area (Å²) in [7, 11) is 1.71. The van der Waals surface area contributed by atoms with Gasteiger partial charge in [0.25, 0.3) is 0 Å². The summed E-state index contributed by atoms with van der Waals surface area (Å²) in [6.45, 7) is 4.81. The zero-order valence-electron chi connectivity index (χ0n) is 12.3. The van der Waals surface area contributed by atoms with Gasteiger partial charge in [-0.15, -0.1) is 0 Å². The van der Waals surface area contributed by atoms with E-state index in [-0.39, 0.29) is 12.0 Å². The number of hydrogen-bond donors (Lipinski definition) is 2. The maximum absolute atomic E-state index is 11.7. The predicted molar refractivity (Wildman–Crippen MR) is 79.8 cm³/mol. The second-order valence-corrected chi connectivity index (χ2v) is 6.78. The lowest BCUT2D eigenvalue weighted by Gasteiger charge is -2.34. The van der Waals surface area contributed by atoms with Crippen molar-refractivity contribution in [2.75, 3.05) is 25.2 Å². The minimum absolute atomic E-state index is 0.206. The molecule has 5 heteroatoms. The number of ether oxygens (including phenoxy) is 1. The van der Waals surface area contributed by atoms with Gasteiger partial charge in [-0.05, 0) is 44.8 Å². The number of thioether (sulfide) groups is 1. The smallest absolute Gasteiger partial charge is 0.324 e. The first-order valence-corrected chi connectivity index (χ1v) is 8.26. The summed E-state index contributed by atoms with van der Waals surface area (Å²) in [5.41, 5.74) is -0.698. The first-order valence-electron chi connectivity index (χ1n) is 7.10. The van der Waals surface area contributed by atoms with Crippen molar-refractivity contribution in [1.29, 1.82) is 0 Å². The second-order valence-electron chi connectivity index (χ2n) is 5.56. The molecule has 0 spiro atoms. The number of carbonyl (C=O) groups is 1. The molecule has 2 atom stereocenters. The first kappa shape index (κ1) is 16.8. The molecule has 0 radical (unpaired) electrons. The van der Waals surface area contributed by atoms with Gasteiger partial charge in [0.15, 0.2) is 0 Å². The quantitative estimate of drug-likeness (QED) is 0.638. The number of hydrogen-bond acceptors (Lipinski definition) is 4. The Morgan fingerprint density at radius 1 is 1.53 bits per heavy atom. The van der Waals surface area contributed by atoms with E-state index >= 15 is 0 Å². The van der Waals surface area contributed by atoms with Gasteiger partial charge in [0.2, 0.25) is 0 Å². The zero-order valence-corrected chi connectivity index (χ0v) is 13.1. The second kappa shape index (κ2) is 8.12. The van der Waals surface area contributed by atoms with Crippen molar-refractivity contribution < 1.29 is 14.6 Å². The Balaban J connectivity index is 2.51. The van der Waals surface area contributed by atoms with Crippen LogP contribution in [0.3, 0.4) is 0 Å². The Kier molecular flexibility index (Phi) is 7.18. The Labute approximate surface area is 120 Å². The third-order valence-corrected chi connectivity index (χ3v) is 4.77. The van der Waals surface area contributed by atoms with Crippen LogP contribution in [0.15, 0.2) is 0 Å². The van der Waals surface area contributed by atoms with Gasteiger partial charge in [0.1, 0.15) is 5.54 Å². The number of nitrogens with one attached hydrogen (secondary N) is 1. The molecule has 19 heavy (non-hydrogen) atoms. The highest BCUT2D eigenvalue weighted by atomic mass is 32.2. The van der Waals surface area contributed by atoms with Crippen LogP contribution in [0, 0.1) is 5.92 Å². The van der Waals surface area contributed by atoms with E-state index in [4.69, 9.17) is 4.74 Å². The largest absolute Gasteiger partial charge is 0.480 e. The highest BCUT2D eigenvalue weighted by molar-refractivity contribution is 7.99. The Morgan fingerprint density at radius 2 is 2.26 bits per heavy atom. The van der Waals surface area contributed by atoms with Crippen LogP contribution in [0.5, 0.6) is 0 Å². The van der Waals surface area contributed by atoms with Crippen LogP contribution < -0.4 is 5.32 Å². The molecule has 2 N–H and O–H groups in total. The number of aliphatic carboxylic acids is 1. The summed E-state index contributed by atoms with van der Waals surface area (Å²) < 4.78 is 5.02. The molecule has 112 valence electrons. The summed E-state index contributed by atoms with van der Waals surface area (Å²) in [6.07, 6.45) is 3.77. The zero-order chi connectivity index (χ0) is 14.3. The van der Waals surface area contributed by atoms with Gasteiger partial charge in [-0.3, -0.25) is 10.1 Å². The lowest BCUT2D eigenvalue weighted by molar-refractivity contribution is -0.147. The minimum atomic E-state index is -0.698. The number of carboxylic acids is 1. The lowest BCUT2D eigenvalue weighted by atomic mass is 9.84. The van der Waals surface area contributed by atoms with E-state index in [1.54, 1.807) is 7.11 Å². The van der Waals surface area contributed by atoms with E-state index in [0.717, 1.165) is 43.8 Å². The molecule has 1 rings (SSSR count). The van der Waals surface area contributed by atoms with Crippen molar-refractivity contribution in [3.05, 3.63) is 0 Å². The van der Waals surface area contributed by atoms with E-state index < -0.39 is 11.5 Å². The molecular formula is C14H27NO3S. The molecule has 0 heterocycles. The van der Waals surface area contributed by atoms with Crippen LogP contribution in [0.25, 0.3) is 0 Å². The monoisotopic (exact) mass is 289 g/mol. The third kappa shape index (κ3) is 4.65. The highest BCUT2D eigenvalue weighted by Crippen LogP contribution is 2.39. The fourth-order valence-electron chi connectivity index (χ4n) is 2.99. The van der Waals surface area contributed by atoms with E-state index in [0.29, 0.717) is 0 Å². The molecule has 0 aromatic heterocycles. The van der Waals surface area contributed by atoms with Crippen LogP contribution in [-0.2, 0) is 9.53 Å². The lowest BCUT2D eigenvalue weighted by Crippen LogP contribution is -2.57. The van der Waals surface area contributed by atoms with Gasteiger partial charge in [-0.2, -0.15) is 11.8 Å². The molecule has 0 aliphatic heterocycles. The van der Waals surface area contributed by atoms with Gasteiger partial charge in [0, 0.05) is 18.9 Å². The average Bonchev–Trinajstić information content (AvgIpc) is 2.72. The molecule has 0 bridgehead atoms. The SMILES string of the molecule is COCCSCCC1CCCC1(NC(C)C)C(=O)O. The van der Waals surface area contributed by atoms with Crippen molar-refractivity contribution in [3.63, 3.8) is 0 Å². The Hall–Kier alpha value is -0.260. The molecule has 0 saturated heterocycles. The standard InChI is InChI=1S/C14H27NO3S/c1-11(2)15-14(13(16)17)7-4-5-12(14)6-9-19-10-8-18-3/h11-12,15H,4-10H2,1-3H3,(H,16,17). The molecule has 2 unspecified atom stereocenters. The van der Waals surface area contributed by atoms with Gasteiger partial charge in [-0.25, -0.2) is 0 Å². The maximum Gasteiger partial charge on any atom is 0.324 e. The Bertz CT molecular complexity index is 286. The third-order valence-electron chi connectivity index (χ3n) is 3.79. The normalized spacial score (nSPS) is 27.1. The minimum Gasteiger partial charge on any atom is -0.480 e. The fourth-order valence-corrected chi connectivity index (χ4v) is 3.93. The van der Waals surface area contributed by atoms with E-state index in [2.05, 4.69) is 5.32 Å². The number of carboxylic acid groups (broad SMARTS) is 1. The van der Waals surface area contributed by atoms with Crippen LogP contribution in [0.1, 0.15) is 39.5 Å². The van der Waals surface area contributed by atoms with Crippen molar-refractivity contribution >= 4 is 17.7 Å². The van der Waals surface area contributed by atoms with Gasteiger partial charge >= 0.3 is 5.97 Å². The van der Waals surface area contributed by atoms with Crippen molar-refractivity contribution in [2.45, 2.75) is 51.1 Å². The van der Waals surface area contributed by atoms with Crippen LogP contribution in [-0.4, -0.2) is 47.9 Å². The van der Waals surface area contributed by atoms with Crippen LogP contribution >= 0.6 is 11.8 Å². The summed E-state index contributed by atoms with van der Waals surface area (Å²) in [4.78, 5) is 11.7. The molecule has 0 aromatic carbocycles. The van der Waals surface area contributed by atoms with Gasteiger partial charge in [0.05, 0.1) is 6.61 Å². The van der Waals surface area contributed by atoms with Crippen LogP contribution in [0.4, 0.5) is 0 Å². The van der Waals surface area contributed by atoms with E-state index in [1.165, 1.54) is 0 Å². The average molecular weight is 289 g/mol. The van der Waals surface area contributed by atoms with E-state index in [1.807, 2.05) is 25.6 Å². The fraction of sp³-hybridized carbons (Fsp3) is 0.929. The van der Waals surface area contributed by atoms with Crippen LogP contribution in [0.2, 0.25) is 0 Å². The van der Waals surface area contributed by atoms with Crippen molar-refractivity contribution in [3.8, 4) is 0 Å². The first-order chi connectivity index (χ1) is 9.03. The maximum atomic E-state index is 11.7. The number of rotatable bonds is 9. The highest BCUT2D eigenvalue weighted by Gasteiger charge is 2.48. The summed E-state index contributed by atoms with van der Waals surface area (Å²) in [6, 6.07) is 0.206. The topological polar surface area (TPSA) is 58.6 Å². The molecular weight excluding hydrogens is 262 g/mol. The van der Waals surface area contributed by atoms with E-state index in [9.17, 15) is 9.90 Å². The molecule has 1 fully saturated rings. The van der Waals surface area contributed by atoms with Gasteiger partial charge in [-0.1, -0.05) is 6.42 Å². The van der Waals surface area contributed by atoms with Gasteiger partial charge < -0.3 is 9.84 Å². The van der Waals surface area contributed by atoms with Crippen molar-refractivity contribution in [2.24, 2.45) is 5.92 Å².